The minimum absolute atomic E-state index is 0.0113. The van der Waals surface area contributed by atoms with Gasteiger partial charge in [0.2, 0.25) is 0 Å². The number of likely N-dealkylation sites (tertiary alicyclic amines) is 1. The molecular formula is C25H34N4O4S. The number of nitrogens with one attached hydrogen (secondary N) is 1. The first kappa shape index (κ1) is 24.5. The zero-order valence-electron chi connectivity index (χ0n) is 19.9. The van der Waals surface area contributed by atoms with Crippen molar-refractivity contribution >= 4 is 27.5 Å². The van der Waals surface area contributed by atoms with E-state index in [9.17, 15) is 18.3 Å². The van der Waals surface area contributed by atoms with Crippen LogP contribution in [0, 0.1) is 5.92 Å². The SMILES string of the molecule is CC(C)c1ccc(S(=O)(=O)Nc2cnc(N3CCC[C@H](CN4CCCC4)C3)c(C(=O)O)c2)cc1. The van der Waals surface area contributed by atoms with Crippen molar-refractivity contribution in [3.63, 3.8) is 0 Å². The maximum absolute atomic E-state index is 12.9. The van der Waals surface area contributed by atoms with Crippen LogP contribution >= 0.6 is 0 Å². The Morgan fingerprint density at radius 1 is 1.15 bits per heavy atom. The Kier molecular flexibility index (Phi) is 7.42. The summed E-state index contributed by atoms with van der Waals surface area (Å²) in [6.07, 6.45) is 6.02. The summed E-state index contributed by atoms with van der Waals surface area (Å²) < 4.78 is 28.2. The number of nitrogens with zero attached hydrogens (tertiary/aromatic N) is 3. The minimum atomic E-state index is -3.86. The predicted octanol–water partition coefficient (Wildman–Crippen LogP) is 4.02. The van der Waals surface area contributed by atoms with Gasteiger partial charge in [-0.05, 0) is 74.4 Å². The summed E-state index contributed by atoms with van der Waals surface area (Å²) in [7, 11) is -3.86. The Bertz CT molecular complexity index is 1110. The van der Waals surface area contributed by atoms with Crippen LogP contribution in [-0.4, -0.2) is 62.1 Å². The third kappa shape index (κ3) is 5.70. The highest BCUT2D eigenvalue weighted by molar-refractivity contribution is 7.92. The quantitative estimate of drug-likeness (QED) is 0.581. The second-order valence-electron chi connectivity index (χ2n) is 9.69. The Labute approximate surface area is 202 Å². The number of benzene rings is 1. The summed E-state index contributed by atoms with van der Waals surface area (Å²) in [5, 5.41) is 9.86. The molecule has 1 atom stereocenters. The molecule has 2 saturated heterocycles. The van der Waals surface area contributed by atoms with Gasteiger partial charge in [0, 0.05) is 19.6 Å². The van der Waals surface area contributed by atoms with Crippen molar-refractivity contribution in [2.45, 2.75) is 50.3 Å². The molecule has 0 unspecified atom stereocenters. The lowest BCUT2D eigenvalue weighted by atomic mass is 9.97. The van der Waals surface area contributed by atoms with E-state index in [2.05, 4.69) is 14.6 Å². The fraction of sp³-hybridized carbons (Fsp3) is 0.520. The molecule has 4 rings (SSSR count). The number of carbonyl (C=O) groups is 1. The van der Waals surface area contributed by atoms with Crippen LogP contribution in [0.25, 0.3) is 0 Å². The van der Waals surface area contributed by atoms with Gasteiger partial charge in [-0.3, -0.25) is 4.72 Å². The number of aromatic nitrogens is 1. The van der Waals surface area contributed by atoms with Gasteiger partial charge in [-0.1, -0.05) is 26.0 Å². The highest BCUT2D eigenvalue weighted by atomic mass is 32.2. The Morgan fingerprint density at radius 3 is 2.50 bits per heavy atom. The number of carboxylic acids is 1. The number of sulfonamides is 1. The van der Waals surface area contributed by atoms with E-state index in [0.717, 1.165) is 51.1 Å². The van der Waals surface area contributed by atoms with Crippen molar-refractivity contribution < 1.29 is 18.3 Å². The lowest BCUT2D eigenvalue weighted by molar-refractivity contribution is 0.0697. The van der Waals surface area contributed by atoms with Crippen LogP contribution < -0.4 is 9.62 Å². The zero-order chi connectivity index (χ0) is 24.3. The molecule has 0 spiro atoms. The topological polar surface area (TPSA) is 103 Å². The maximum atomic E-state index is 12.9. The molecule has 2 N–H and O–H groups in total. The molecule has 0 bridgehead atoms. The largest absolute Gasteiger partial charge is 0.478 e. The lowest BCUT2D eigenvalue weighted by Gasteiger charge is -2.36. The van der Waals surface area contributed by atoms with Gasteiger partial charge < -0.3 is 14.9 Å². The van der Waals surface area contributed by atoms with Gasteiger partial charge in [0.1, 0.15) is 11.4 Å². The fourth-order valence-corrected chi connectivity index (χ4v) is 5.94. The Balaban J connectivity index is 1.51. The molecule has 1 aromatic carbocycles. The average Bonchev–Trinajstić information content (AvgIpc) is 3.32. The number of hydrogen-bond acceptors (Lipinski definition) is 6. The molecule has 0 radical (unpaired) electrons. The van der Waals surface area contributed by atoms with Crippen LogP contribution in [0.1, 0.15) is 61.4 Å². The van der Waals surface area contributed by atoms with Gasteiger partial charge in [0.25, 0.3) is 10.0 Å². The predicted molar refractivity (Wildman–Crippen MR) is 133 cm³/mol. The number of piperidine rings is 1. The van der Waals surface area contributed by atoms with Crippen molar-refractivity contribution in [3.05, 3.63) is 47.7 Å². The van der Waals surface area contributed by atoms with Crippen molar-refractivity contribution in [1.82, 2.24) is 9.88 Å². The van der Waals surface area contributed by atoms with Gasteiger partial charge in [0.05, 0.1) is 16.8 Å². The van der Waals surface area contributed by atoms with Crippen LogP contribution in [-0.2, 0) is 10.0 Å². The minimum Gasteiger partial charge on any atom is -0.478 e. The van der Waals surface area contributed by atoms with Crippen molar-refractivity contribution in [2.24, 2.45) is 5.92 Å². The number of carboxylic acid groups (broad SMARTS) is 1. The molecular weight excluding hydrogens is 452 g/mol. The molecule has 0 amide bonds. The lowest BCUT2D eigenvalue weighted by Crippen LogP contribution is -2.41. The van der Waals surface area contributed by atoms with E-state index >= 15 is 0 Å². The van der Waals surface area contributed by atoms with Crippen LogP contribution in [0.3, 0.4) is 0 Å². The second-order valence-corrected chi connectivity index (χ2v) is 11.4. The van der Waals surface area contributed by atoms with Gasteiger partial charge in [-0.25, -0.2) is 18.2 Å². The average molecular weight is 487 g/mol. The number of rotatable bonds is 8. The Morgan fingerprint density at radius 2 is 1.85 bits per heavy atom. The number of pyridine rings is 1. The molecule has 9 heteroatoms. The Hall–Kier alpha value is -2.65. The normalized spacial score (nSPS) is 19.5. The van der Waals surface area contributed by atoms with E-state index in [0.29, 0.717) is 17.7 Å². The van der Waals surface area contributed by atoms with Crippen molar-refractivity contribution in [2.75, 3.05) is 42.3 Å². The summed E-state index contributed by atoms with van der Waals surface area (Å²) in [6, 6.07) is 8.07. The molecule has 1 aromatic heterocycles. The van der Waals surface area contributed by atoms with Gasteiger partial charge >= 0.3 is 5.97 Å². The summed E-state index contributed by atoms with van der Waals surface area (Å²) in [4.78, 5) is 21.1. The third-order valence-corrected chi connectivity index (χ3v) is 8.14. The molecule has 2 aliphatic rings. The number of anilines is 2. The molecule has 8 nitrogen and oxygen atoms in total. The van der Waals surface area contributed by atoms with E-state index < -0.39 is 16.0 Å². The summed E-state index contributed by atoms with van der Waals surface area (Å²) >= 11 is 0. The summed E-state index contributed by atoms with van der Waals surface area (Å²) in [5.74, 6) is 0.0564. The van der Waals surface area contributed by atoms with Gasteiger partial charge in [-0.2, -0.15) is 0 Å². The standard InChI is InChI=1S/C25H34N4O4S/c1-18(2)20-7-9-22(10-8-20)34(32,33)27-21-14-23(25(30)31)24(26-15-21)29-13-5-6-19(17-29)16-28-11-3-4-12-28/h7-10,14-15,18-19,27H,3-6,11-13,16-17H2,1-2H3,(H,30,31)/t19-/m1/s1. The summed E-state index contributed by atoms with van der Waals surface area (Å²) in [5.41, 5.74) is 1.19. The van der Waals surface area contributed by atoms with E-state index in [-0.39, 0.29) is 16.1 Å². The van der Waals surface area contributed by atoms with Crippen molar-refractivity contribution in [3.8, 4) is 0 Å². The molecule has 34 heavy (non-hydrogen) atoms. The van der Waals surface area contributed by atoms with E-state index in [1.165, 1.54) is 25.1 Å². The molecule has 0 saturated carbocycles. The first-order valence-corrected chi connectivity index (χ1v) is 13.5. The number of aromatic carboxylic acids is 1. The summed E-state index contributed by atoms with van der Waals surface area (Å²) in [6.45, 7) is 8.91. The van der Waals surface area contributed by atoms with E-state index in [1.807, 2.05) is 18.7 Å². The maximum Gasteiger partial charge on any atom is 0.339 e. The second kappa shape index (κ2) is 10.3. The van der Waals surface area contributed by atoms with Crippen LogP contribution in [0.4, 0.5) is 11.5 Å². The molecule has 2 aliphatic heterocycles. The molecule has 0 aliphatic carbocycles. The smallest absolute Gasteiger partial charge is 0.339 e. The van der Waals surface area contributed by atoms with Crippen LogP contribution in [0.2, 0.25) is 0 Å². The number of hydrogen-bond donors (Lipinski definition) is 2. The van der Waals surface area contributed by atoms with Gasteiger partial charge in [0.15, 0.2) is 0 Å². The fourth-order valence-electron chi connectivity index (χ4n) is 4.91. The van der Waals surface area contributed by atoms with Crippen molar-refractivity contribution in [1.29, 1.82) is 0 Å². The van der Waals surface area contributed by atoms with Crippen LogP contribution in [0.15, 0.2) is 41.4 Å². The van der Waals surface area contributed by atoms with Gasteiger partial charge in [-0.15, -0.1) is 0 Å². The highest BCUT2D eigenvalue weighted by Gasteiger charge is 2.27. The van der Waals surface area contributed by atoms with Crippen LogP contribution in [0.5, 0.6) is 0 Å². The zero-order valence-corrected chi connectivity index (χ0v) is 20.7. The van der Waals surface area contributed by atoms with E-state index in [4.69, 9.17) is 0 Å². The molecule has 184 valence electrons. The third-order valence-electron chi connectivity index (χ3n) is 6.74. The highest BCUT2D eigenvalue weighted by Crippen LogP contribution is 2.28. The molecule has 2 aromatic rings. The van der Waals surface area contributed by atoms with E-state index in [1.54, 1.807) is 24.3 Å². The first-order chi connectivity index (χ1) is 16.2. The monoisotopic (exact) mass is 486 g/mol. The molecule has 3 heterocycles. The molecule has 2 fully saturated rings. The first-order valence-electron chi connectivity index (χ1n) is 12.1.